The molecule has 2 rings (SSSR count). The Kier molecular flexibility index (Phi) is 6.95. The van der Waals surface area contributed by atoms with Crippen molar-refractivity contribution in [2.45, 2.75) is 30.7 Å². The van der Waals surface area contributed by atoms with Crippen LogP contribution >= 0.6 is 24.0 Å². The number of hydrogen-bond donors (Lipinski definition) is 1. The fourth-order valence-corrected chi connectivity index (χ4v) is 4.92. The number of hydrogen-bond acceptors (Lipinski definition) is 4. The number of ether oxygens (including phenoxy) is 1. The fraction of sp³-hybridized carbons (Fsp3) is 0.571. The molecule has 126 valence electrons. The molecule has 2 unspecified atom stereocenters. The van der Waals surface area contributed by atoms with E-state index in [2.05, 4.69) is 0 Å². The van der Waals surface area contributed by atoms with Crippen molar-refractivity contribution in [3.8, 4) is 5.75 Å². The van der Waals surface area contributed by atoms with Crippen molar-refractivity contribution in [1.29, 1.82) is 0 Å². The van der Waals surface area contributed by atoms with Gasteiger partial charge >= 0.3 is 0 Å². The maximum atomic E-state index is 12.8. The lowest BCUT2D eigenvalue weighted by Crippen LogP contribution is -2.51. The summed E-state index contributed by atoms with van der Waals surface area (Å²) in [5.41, 5.74) is 5.78. The molecule has 0 spiro atoms. The molecule has 0 aromatic heterocycles. The van der Waals surface area contributed by atoms with Gasteiger partial charge in [0.1, 0.15) is 5.75 Å². The Balaban J connectivity index is 0.00000242. The molecule has 0 aliphatic carbocycles. The molecule has 22 heavy (non-hydrogen) atoms. The molecule has 1 aliphatic rings. The lowest BCUT2D eigenvalue weighted by atomic mass is 9.93. The second-order valence-electron chi connectivity index (χ2n) is 5.33. The van der Waals surface area contributed by atoms with Crippen LogP contribution in [0.2, 0.25) is 5.02 Å². The van der Waals surface area contributed by atoms with Gasteiger partial charge in [0, 0.05) is 19.1 Å². The first-order valence-electron chi connectivity index (χ1n) is 6.97. The first-order chi connectivity index (χ1) is 9.91. The van der Waals surface area contributed by atoms with Crippen LogP contribution in [0.3, 0.4) is 0 Å². The second-order valence-corrected chi connectivity index (χ2v) is 7.63. The number of nitrogens with two attached hydrogens (primary N) is 1. The molecule has 0 amide bonds. The molecular formula is C14H22Cl2N2O3S. The van der Waals surface area contributed by atoms with E-state index in [-0.39, 0.29) is 34.3 Å². The number of nitrogens with zero attached hydrogens (tertiary/aromatic N) is 1. The first-order valence-corrected chi connectivity index (χ1v) is 8.79. The van der Waals surface area contributed by atoms with E-state index in [1.54, 1.807) is 6.07 Å². The Morgan fingerprint density at radius 2 is 2.14 bits per heavy atom. The third-order valence-electron chi connectivity index (χ3n) is 4.04. The van der Waals surface area contributed by atoms with Crippen molar-refractivity contribution in [2.24, 2.45) is 11.7 Å². The van der Waals surface area contributed by atoms with Crippen LogP contribution in [0.1, 0.15) is 19.8 Å². The van der Waals surface area contributed by atoms with Crippen molar-refractivity contribution in [2.75, 3.05) is 20.2 Å². The molecule has 0 saturated carbocycles. The molecule has 1 aromatic carbocycles. The summed E-state index contributed by atoms with van der Waals surface area (Å²) in [7, 11) is -2.10. The SMILES string of the molecule is COc1ccc(S(=O)(=O)N2CCCC(C)C2CN)cc1Cl.Cl. The number of piperidine rings is 1. The monoisotopic (exact) mass is 368 g/mol. The van der Waals surface area contributed by atoms with Crippen LogP contribution in [0.5, 0.6) is 5.75 Å². The maximum Gasteiger partial charge on any atom is 0.243 e. The van der Waals surface area contributed by atoms with Gasteiger partial charge in [-0.25, -0.2) is 8.42 Å². The van der Waals surface area contributed by atoms with Gasteiger partial charge in [-0.3, -0.25) is 0 Å². The topological polar surface area (TPSA) is 72.6 Å². The Bertz CT molecular complexity index is 610. The molecule has 1 aliphatic heterocycles. The van der Waals surface area contributed by atoms with Crippen LogP contribution in [-0.2, 0) is 10.0 Å². The lowest BCUT2D eigenvalue weighted by Gasteiger charge is -2.38. The molecule has 0 bridgehead atoms. The minimum absolute atomic E-state index is 0. The van der Waals surface area contributed by atoms with Crippen molar-refractivity contribution >= 4 is 34.0 Å². The van der Waals surface area contributed by atoms with E-state index in [0.29, 0.717) is 18.8 Å². The van der Waals surface area contributed by atoms with E-state index < -0.39 is 10.0 Å². The van der Waals surface area contributed by atoms with Gasteiger partial charge in [-0.1, -0.05) is 18.5 Å². The summed E-state index contributed by atoms with van der Waals surface area (Å²) in [6.45, 7) is 2.86. The van der Waals surface area contributed by atoms with Crippen molar-refractivity contribution in [3.05, 3.63) is 23.2 Å². The van der Waals surface area contributed by atoms with Crippen LogP contribution in [-0.4, -0.2) is 39.0 Å². The Morgan fingerprint density at radius 1 is 1.45 bits per heavy atom. The predicted octanol–water partition coefficient (Wildman–Crippen LogP) is 2.52. The molecule has 8 heteroatoms. The summed E-state index contributed by atoms with van der Waals surface area (Å²) in [4.78, 5) is 0.181. The highest BCUT2D eigenvalue weighted by Gasteiger charge is 2.36. The highest BCUT2D eigenvalue weighted by Crippen LogP contribution is 2.32. The Hall–Kier alpha value is -0.530. The van der Waals surface area contributed by atoms with Gasteiger partial charge in [0.05, 0.1) is 17.0 Å². The minimum atomic E-state index is -3.59. The summed E-state index contributed by atoms with van der Waals surface area (Å²) < 4.78 is 32.2. The van der Waals surface area contributed by atoms with Crippen LogP contribution in [0.15, 0.2) is 23.1 Å². The standard InChI is InChI=1S/C14H21ClN2O3S.ClH/c1-10-4-3-7-17(13(10)9-16)21(18,19)11-5-6-14(20-2)12(15)8-11;/h5-6,8,10,13H,3-4,7,9,16H2,1-2H3;1H. The average Bonchev–Trinajstić information content (AvgIpc) is 2.46. The second kappa shape index (κ2) is 7.84. The van der Waals surface area contributed by atoms with E-state index in [0.717, 1.165) is 12.8 Å². The molecule has 0 radical (unpaired) electrons. The third-order valence-corrected chi connectivity index (χ3v) is 6.25. The van der Waals surface area contributed by atoms with Gasteiger partial charge in [-0.05, 0) is 37.0 Å². The summed E-state index contributed by atoms with van der Waals surface area (Å²) >= 11 is 6.04. The van der Waals surface area contributed by atoms with E-state index in [4.69, 9.17) is 22.1 Å². The van der Waals surface area contributed by atoms with Crippen LogP contribution < -0.4 is 10.5 Å². The molecule has 1 fully saturated rings. The van der Waals surface area contributed by atoms with Crippen molar-refractivity contribution in [1.82, 2.24) is 4.31 Å². The van der Waals surface area contributed by atoms with Gasteiger partial charge in [-0.2, -0.15) is 4.31 Å². The molecule has 2 N–H and O–H groups in total. The van der Waals surface area contributed by atoms with Crippen LogP contribution in [0.4, 0.5) is 0 Å². The maximum absolute atomic E-state index is 12.8. The lowest BCUT2D eigenvalue weighted by molar-refractivity contribution is 0.192. The molecule has 1 heterocycles. The molecule has 5 nitrogen and oxygen atoms in total. The normalized spacial score (nSPS) is 22.9. The number of methoxy groups -OCH3 is 1. The summed E-state index contributed by atoms with van der Waals surface area (Å²) in [6.07, 6.45) is 1.85. The number of benzene rings is 1. The number of rotatable bonds is 4. The number of sulfonamides is 1. The zero-order valence-electron chi connectivity index (χ0n) is 12.7. The van der Waals surface area contributed by atoms with Crippen molar-refractivity contribution < 1.29 is 13.2 Å². The summed E-state index contributed by atoms with van der Waals surface area (Å²) in [5, 5.41) is 0.285. The zero-order chi connectivity index (χ0) is 15.6. The van der Waals surface area contributed by atoms with Crippen molar-refractivity contribution in [3.63, 3.8) is 0 Å². The Labute approximate surface area is 143 Å². The van der Waals surface area contributed by atoms with Gasteiger partial charge in [-0.15, -0.1) is 12.4 Å². The molecular weight excluding hydrogens is 347 g/mol. The van der Waals surface area contributed by atoms with Gasteiger partial charge in [0.15, 0.2) is 0 Å². The highest BCUT2D eigenvalue weighted by atomic mass is 35.5. The predicted molar refractivity (Wildman–Crippen MR) is 90.4 cm³/mol. The molecule has 2 atom stereocenters. The van der Waals surface area contributed by atoms with E-state index >= 15 is 0 Å². The van der Waals surface area contributed by atoms with E-state index in [1.165, 1.54) is 23.5 Å². The summed E-state index contributed by atoms with van der Waals surface area (Å²) in [5.74, 6) is 0.713. The highest BCUT2D eigenvalue weighted by molar-refractivity contribution is 7.89. The van der Waals surface area contributed by atoms with Gasteiger partial charge in [0.25, 0.3) is 0 Å². The van der Waals surface area contributed by atoms with Crippen LogP contribution in [0.25, 0.3) is 0 Å². The van der Waals surface area contributed by atoms with E-state index in [1.807, 2.05) is 6.92 Å². The molecule has 1 saturated heterocycles. The average molecular weight is 369 g/mol. The quantitative estimate of drug-likeness (QED) is 0.885. The van der Waals surface area contributed by atoms with Crippen LogP contribution in [0, 0.1) is 5.92 Å². The smallest absolute Gasteiger partial charge is 0.243 e. The van der Waals surface area contributed by atoms with Gasteiger partial charge < -0.3 is 10.5 Å². The largest absolute Gasteiger partial charge is 0.495 e. The zero-order valence-corrected chi connectivity index (χ0v) is 15.0. The number of halogens is 2. The Morgan fingerprint density at radius 3 is 2.68 bits per heavy atom. The molecule has 1 aromatic rings. The van der Waals surface area contributed by atoms with E-state index in [9.17, 15) is 8.42 Å². The summed E-state index contributed by atoms with van der Waals surface area (Å²) in [6, 6.07) is 4.36. The third kappa shape index (κ3) is 3.68. The first kappa shape index (κ1) is 19.5. The minimum Gasteiger partial charge on any atom is -0.495 e. The van der Waals surface area contributed by atoms with Gasteiger partial charge in [0.2, 0.25) is 10.0 Å². The fourth-order valence-electron chi connectivity index (χ4n) is 2.80.